The molecule has 0 atom stereocenters. The largest absolute Gasteiger partial charge is 1.00 e. The van der Waals surface area contributed by atoms with E-state index in [2.05, 4.69) is 132 Å². The third-order valence-electron chi connectivity index (χ3n) is 9.26. The third-order valence-corrected chi connectivity index (χ3v) is 10.2. The Hall–Kier alpha value is -2.96. The maximum absolute atomic E-state index is 10.1. The fourth-order valence-electron chi connectivity index (χ4n) is 5.67. The number of hydrogen-bond donors (Lipinski definition) is 2. The van der Waals surface area contributed by atoms with E-state index in [4.69, 9.17) is 5.73 Å². The van der Waals surface area contributed by atoms with Crippen molar-refractivity contribution in [2.24, 2.45) is 0 Å². The van der Waals surface area contributed by atoms with Gasteiger partial charge in [-0.25, -0.2) is 34.3 Å². The van der Waals surface area contributed by atoms with Crippen molar-refractivity contribution in [3.63, 3.8) is 0 Å². The van der Waals surface area contributed by atoms with E-state index in [-0.39, 0.29) is 41.7 Å². The molecule has 0 spiro atoms. The van der Waals surface area contributed by atoms with Crippen molar-refractivity contribution in [2.45, 2.75) is 62.1 Å². The minimum absolute atomic E-state index is 0. The van der Waals surface area contributed by atoms with E-state index in [1.54, 1.807) is 12.1 Å². The predicted molar refractivity (Wildman–Crippen MR) is 258 cm³/mol. The zero-order chi connectivity index (χ0) is 46.1. The third kappa shape index (κ3) is 34.9. The number of carbonyl (C=O) groups excluding carboxylic acids is 4. The summed E-state index contributed by atoms with van der Waals surface area (Å²) in [6, 6.07) is 11.5. The summed E-state index contributed by atoms with van der Waals surface area (Å²) in [5, 5.41) is 3.31. The SMILES string of the molecule is C.CC(=O)OOC(C)=O.CCN1CCN(Cc2ccc(Br)nc2)CC1.CCN1CCN(Cc2ccc(N)nc2)CC1.CCN1CCNCC1.F.O=Cc1ccc(Br)nc1.[B-]OC(C)=O.[Na+]. The normalized spacial score (nSPS) is 14.9. The molecule has 359 valence electrons. The molecule has 3 aliphatic rings. The summed E-state index contributed by atoms with van der Waals surface area (Å²) < 4.78 is 5.26. The number of nitrogen functional groups attached to an aromatic ring is 1. The molecular formula is C43H70BBr2FN10NaO7. The summed E-state index contributed by atoms with van der Waals surface area (Å²) in [6.45, 7) is 30.0. The number of nitrogens with zero attached hydrogens (tertiary/aromatic N) is 8. The van der Waals surface area contributed by atoms with Crippen LogP contribution in [0.15, 0.2) is 64.2 Å². The minimum Gasteiger partial charge on any atom is -0.793 e. The quantitative estimate of drug-likeness (QED) is 0.109. The molecule has 3 saturated heterocycles. The van der Waals surface area contributed by atoms with Gasteiger partial charge in [0.1, 0.15) is 15.0 Å². The average Bonchev–Trinajstić information content (AvgIpc) is 3.29. The van der Waals surface area contributed by atoms with Gasteiger partial charge < -0.3 is 38.5 Å². The summed E-state index contributed by atoms with van der Waals surface area (Å²) >= 11 is 6.50. The Labute approximate surface area is 426 Å². The van der Waals surface area contributed by atoms with Crippen LogP contribution in [-0.4, -0.2) is 170 Å². The smallest absolute Gasteiger partial charge is 0.793 e. The van der Waals surface area contributed by atoms with E-state index >= 15 is 0 Å². The van der Waals surface area contributed by atoms with Crippen molar-refractivity contribution in [1.29, 1.82) is 0 Å². The van der Waals surface area contributed by atoms with Crippen LogP contribution >= 0.6 is 31.9 Å². The second-order valence-corrected chi connectivity index (χ2v) is 15.6. The zero-order valence-corrected chi connectivity index (χ0v) is 43.7. The van der Waals surface area contributed by atoms with Crippen LogP contribution in [0.4, 0.5) is 10.5 Å². The number of likely N-dealkylation sites (N-methyl/N-ethyl adjacent to an activating group) is 3. The van der Waals surface area contributed by atoms with Crippen LogP contribution in [0.3, 0.4) is 0 Å². The van der Waals surface area contributed by atoms with Crippen molar-refractivity contribution in [3.8, 4) is 0 Å². The van der Waals surface area contributed by atoms with Crippen LogP contribution in [0.25, 0.3) is 0 Å². The fraction of sp³-hybridized carbons (Fsp3) is 0.558. The van der Waals surface area contributed by atoms with Crippen LogP contribution in [0.5, 0.6) is 0 Å². The van der Waals surface area contributed by atoms with Gasteiger partial charge in [-0.15, -0.1) is 0 Å². The standard InChI is InChI=1S/C12H18BrN3.C12H20N4.C6H4BrNO.C6H14N2.C4H6O4.C2H3BO2.CH4.FH.Na/c2*1-2-15-5-7-16(8-6-15)10-11-3-4-12(13)14-9-11;7-6-2-1-5(4-9)3-8-6;1-2-8-5-3-7-4-6-8;1-3(5)7-8-4(2)6;1-2(4)5-3;;;/h3-4,9H,2,5-8,10H2,1H3;3-4,9H,2,5-8,10H2,1H3,(H2,13,14);1-4H;7H,2-6H2,1H3;1-2H3;1H3;1H4;1H;/q;;;;;-1;;;+1. The van der Waals surface area contributed by atoms with Crippen LogP contribution in [0.2, 0.25) is 0 Å². The summed E-state index contributed by atoms with van der Waals surface area (Å²) in [5.74, 6) is -1.15. The summed E-state index contributed by atoms with van der Waals surface area (Å²) in [4.78, 5) is 71.5. The number of piperazine rings is 3. The molecule has 22 heteroatoms. The molecule has 3 aromatic rings. The first-order valence-electron chi connectivity index (χ1n) is 20.6. The first-order valence-corrected chi connectivity index (χ1v) is 22.2. The number of hydrogen-bond acceptors (Lipinski definition) is 17. The Morgan fingerprint density at radius 2 is 1.02 bits per heavy atom. The number of aromatic nitrogens is 3. The van der Waals surface area contributed by atoms with E-state index < -0.39 is 17.9 Å². The molecule has 0 amide bonds. The predicted octanol–water partition coefficient (Wildman–Crippen LogP) is 1.80. The molecule has 0 aromatic carbocycles. The maximum atomic E-state index is 10.1. The molecule has 3 fully saturated rings. The second-order valence-electron chi connectivity index (χ2n) is 14.0. The average molecular weight is 1050 g/mol. The number of anilines is 1. The molecule has 0 unspecified atom stereocenters. The molecular weight excluding hydrogens is 981 g/mol. The molecule has 0 aliphatic carbocycles. The molecule has 3 aliphatic heterocycles. The van der Waals surface area contributed by atoms with E-state index in [0.29, 0.717) is 11.4 Å². The van der Waals surface area contributed by atoms with E-state index in [0.717, 1.165) is 62.1 Å². The van der Waals surface area contributed by atoms with Crippen molar-refractivity contribution in [3.05, 3.63) is 80.9 Å². The Bertz CT molecular complexity index is 1580. The van der Waals surface area contributed by atoms with E-state index in [1.807, 2.05) is 24.5 Å². The topological polar surface area (TPSA) is 189 Å². The monoisotopic (exact) mass is 1050 g/mol. The number of rotatable bonds is 8. The van der Waals surface area contributed by atoms with Gasteiger partial charge in [0, 0.05) is 137 Å². The van der Waals surface area contributed by atoms with Gasteiger partial charge >= 0.3 is 41.5 Å². The summed E-state index contributed by atoms with van der Waals surface area (Å²) in [5.41, 5.74) is 8.71. The Morgan fingerprint density at radius 3 is 1.31 bits per heavy atom. The van der Waals surface area contributed by atoms with E-state index in [9.17, 15) is 19.2 Å². The van der Waals surface area contributed by atoms with Crippen molar-refractivity contribution < 1.29 is 67.9 Å². The van der Waals surface area contributed by atoms with Gasteiger partial charge in [-0.2, -0.15) is 0 Å². The Morgan fingerprint density at radius 1 is 0.646 bits per heavy atom. The van der Waals surface area contributed by atoms with Crippen molar-refractivity contribution in [1.82, 2.24) is 44.8 Å². The van der Waals surface area contributed by atoms with Gasteiger partial charge in [-0.3, -0.25) is 24.1 Å². The molecule has 3 N–H and O–H groups in total. The molecule has 0 bridgehead atoms. The van der Waals surface area contributed by atoms with Crippen LogP contribution in [-0.2, 0) is 41.9 Å². The number of halogens is 3. The van der Waals surface area contributed by atoms with Gasteiger partial charge in [-0.05, 0) is 86.9 Å². The molecule has 6 heterocycles. The molecule has 6 rings (SSSR count). The fourth-order valence-corrected chi connectivity index (χ4v) is 6.14. The molecule has 3 aromatic heterocycles. The maximum Gasteiger partial charge on any atom is 1.00 e. The van der Waals surface area contributed by atoms with Gasteiger partial charge in [0.15, 0.2) is 6.29 Å². The van der Waals surface area contributed by atoms with Crippen molar-refractivity contribution >= 4 is 69.9 Å². The van der Waals surface area contributed by atoms with Crippen LogP contribution < -0.4 is 40.6 Å². The zero-order valence-electron chi connectivity index (χ0n) is 38.5. The van der Waals surface area contributed by atoms with E-state index in [1.165, 1.54) is 103 Å². The van der Waals surface area contributed by atoms with Gasteiger partial charge in [0.25, 0.3) is 0 Å². The molecule has 65 heavy (non-hydrogen) atoms. The van der Waals surface area contributed by atoms with Crippen molar-refractivity contribution in [2.75, 3.05) is 104 Å². The first kappa shape index (κ1) is 66.3. The van der Waals surface area contributed by atoms with Gasteiger partial charge in [-0.1, -0.05) is 40.3 Å². The Balaban J connectivity index is -0.000000734. The molecule has 17 nitrogen and oxygen atoms in total. The molecule has 0 saturated carbocycles. The molecule has 3 radical (unpaired) electrons. The first-order chi connectivity index (χ1) is 29.7. The van der Waals surface area contributed by atoms with Gasteiger partial charge in [0.05, 0.1) is 0 Å². The summed E-state index contributed by atoms with van der Waals surface area (Å²) in [6.07, 6.45) is 6.11. The number of carbonyl (C=O) groups is 4. The Kier molecular flexibility index (Phi) is 42.1. The number of pyridine rings is 3. The summed E-state index contributed by atoms with van der Waals surface area (Å²) in [7, 11) is 4.32. The number of nitrogens with two attached hydrogens (primary N) is 1. The second kappa shape index (κ2) is 41.2. The van der Waals surface area contributed by atoms with Crippen LogP contribution in [0.1, 0.15) is 70.5 Å². The number of aldehydes is 1. The minimum atomic E-state index is -0.639. The van der Waals surface area contributed by atoms with Crippen LogP contribution in [0, 0.1) is 0 Å². The van der Waals surface area contributed by atoms with Gasteiger partial charge in [0.2, 0.25) is 5.97 Å². The number of nitrogens with one attached hydrogen (secondary N) is 1.